The summed E-state index contributed by atoms with van der Waals surface area (Å²) >= 11 is 0. The number of primary amides is 2. The van der Waals surface area contributed by atoms with Crippen LogP contribution >= 0.6 is 0 Å². The van der Waals surface area contributed by atoms with Crippen molar-refractivity contribution in [1.29, 1.82) is 0 Å². The van der Waals surface area contributed by atoms with Gasteiger partial charge in [-0.25, -0.2) is 4.79 Å². The van der Waals surface area contributed by atoms with Crippen LogP contribution in [-0.2, 0) is 28.8 Å². The number of carboxylic acids is 1. The summed E-state index contributed by atoms with van der Waals surface area (Å²) in [4.78, 5) is 70.0. The molecular formula is C17H30N6O7. The van der Waals surface area contributed by atoms with Gasteiger partial charge in [0, 0.05) is 6.42 Å². The maximum Gasteiger partial charge on any atom is 0.326 e. The zero-order valence-electron chi connectivity index (χ0n) is 17.1. The molecule has 0 aliphatic carbocycles. The van der Waals surface area contributed by atoms with Gasteiger partial charge in [0.15, 0.2) is 0 Å². The van der Waals surface area contributed by atoms with Gasteiger partial charge in [0.1, 0.15) is 18.1 Å². The minimum absolute atomic E-state index is 0.0199. The zero-order chi connectivity index (χ0) is 23.6. The quantitative estimate of drug-likeness (QED) is 0.155. The van der Waals surface area contributed by atoms with Crippen LogP contribution in [-0.4, -0.2) is 64.8 Å². The second kappa shape index (κ2) is 12.4. The first-order valence-electron chi connectivity index (χ1n) is 9.22. The number of nitrogens with two attached hydrogens (primary N) is 3. The van der Waals surface area contributed by atoms with Crippen LogP contribution in [0.5, 0.6) is 0 Å². The molecule has 4 unspecified atom stereocenters. The fraction of sp³-hybridized carbons (Fsp3) is 0.647. The first-order chi connectivity index (χ1) is 13.8. The van der Waals surface area contributed by atoms with E-state index in [0.29, 0.717) is 0 Å². The summed E-state index contributed by atoms with van der Waals surface area (Å²) < 4.78 is 0. The van der Waals surface area contributed by atoms with E-state index < -0.39 is 72.0 Å². The lowest BCUT2D eigenvalue weighted by atomic mass is 10.0. The lowest BCUT2D eigenvalue weighted by Gasteiger charge is -2.24. The highest BCUT2D eigenvalue weighted by Gasteiger charge is 2.31. The summed E-state index contributed by atoms with van der Waals surface area (Å²) in [6.45, 7) is 4.45. The third-order valence-electron chi connectivity index (χ3n) is 4.06. The molecule has 0 radical (unpaired) electrons. The van der Waals surface area contributed by atoms with Gasteiger partial charge in [0.05, 0.1) is 12.5 Å². The van der Waals surface area contributed by atoms with Crippen molar-refractivity contribution in [3.8, 4) is 0 Å². The highest BCUT2D eigenvalue weighted by molar-refractivity contribution is 5.96. The third-order valence-corrected chi connectivity index (χ3v) is 4.06. The Hall–Kier alpha value is -3.22. The average Bonchev–Trinajstić information content (AvgIpc) is 2.61. The first-order valence-corrected chi connectivity index (χ1v) is 9.22. The minimum Gasteiger partial charge on any atom is -0.480 e. The van der Waals surface area contributed by atoms with Crippen LogP contribution in [0.3, 0.4) is 0 Å². The number of aliphatic carboxylic acids is 1. The number of carbonyl (C=O) groups excluding carboxylic acids is 5. The molecule has 0 aliphatic rings. The molecule has 0 fully saturated rings. The predicted octanol–water partition coefficient (Wildman–Crippen LogP) is -3.33. The van der Waals surface area contributed by atoms with Crippen molar-refractivity contribution in [2.45, 2.75) is 64.2 Å². The fourth-order valence-corrected chi connectivity index (χ4v) is 2.29. The van der Waals surface area contributed by atoms with Crippen molar-refractivity contribution >= 4 is 35.5 Å². The van der Waals surface area contributed by atoms with Crippen LogP contribution in [0.4, 0.5) is 0 Å². The molecule has 13 heteroatoms. The van der Waals surface area contributed by atoms with E-state index in [2.05, 4.69) is 16.0 Å². The van der Waals surface area contributed by atoms with E-state index >= 15 is 0 Å². The number of amides is 5. The molecule has 13 nitrogen and oxygen atoms in total. The van der Waals surface area contributed by atoms with Crippen molar-refractivity contribution < 1.29 is 33.9 Å². The lowest BCUT2D eigenvalue weighted by Crippen LogP contribution is -2.57. The van der Waals surface area contributed by atoms with Gasteiger partial charge in [-0.05, 0) is 19.3 Å². The summed E-state index contributed by atoms with van der Waals surface area (Å²) in [5, 5.41) is 16.0. The molecule has 0 rings (SSSR count). The van der Waals surface area contributed by atoms with Crippen LogP contribution in [0.1, 0.15) is 40.0 Å². The molecule has 5 amide bonds. The Kier molecular flexibility index (Phi) is 11.0. The standard InChI is InChI=1S/C17H30N6O7/c1-7(2)13(17(29)30)23-16(28)10(6-12(20)25)22-14(26)8(3)21-15(27)9(18)4-5-11(19)24/h7-10,13H,4-6,18H2,1-3H3,(H2,19,24)(H2,20,25)(H,21,27)(H,22,26)(H,23,28)(H,29,30). The molecule has 0 aliphatic heterocycles. The van der Waals surface area contributed by atoms with Crippen LogP contribution in [0, 0.1) is 5.92 Å². The van der Waals surface area contributed by atoms with Gasteiger partial charge in [-0.2, -0.15) is 0 Å². The average molecular weight is 430 g/mol. The van der Waals surface area contributed by atoms with Crippen molar-refractivity contribution in [2.24, 2.45) is 23.1 Å². The van der Waals surface area contributed by atoms with Crippen LogP contribution in [0.15, 0.2) is 0 Å². The lowest BCUT2D eigenvalue weighted by molar-refractivity contribution is -0.143. The van der Waals surface area contributed by atoms with Gasteiger partial charge in [-0.15, -0.1) is 0 Å². The van der Waals surface area contributed by atoms with E-state index in [0.717, 1.165) is 0 Å². The Labute approximate surface area is 173 Å². The number of hydrogen-bond donors (Lipinski definition) is 7. The van der Waals surface area contributed by atoms with E-state index in [1.807, 2.05) is 0 Å². The van der Waals surface area contributed by atoms with Crippen LogP contribution in [0.25, 0.3) is 0 Å². The molecule has 0 aromatic carbocycles. The van der Waals surface area contributed by atoms with Crippen LogP contribution < -0.4 is 33.2 Å². The van der Waals surface area contributed by atoms with Crippen molar-refractivity contribution in [3.05, 3.63) is 0 Å². The molecule has 0 heterocycles. The molecule has 0 aromatic rings. The molecule has 0 saturated heterocycles. The number of nitrogens with one attached hydrogen (secondary N) is 3. The zero-order valence-corrected chi connectivity index (χ0v) is 17.1. The molecule has 10 N–H and O–H groups in total. The fourth-order valence-electron chi connectivity index (χ4n) is 2.29. The molecular weight excluding hydrogens is 400 g/mol. The van der Waals surface area contributed by atoms with Crippen molar-refractivity contribution in [3.63, 3.8) is 0 Å². The Morgan fingerprint density at radius 2 is 1.40 bits per heavy atom. The Morgan fingerprint density at radius 1 is 0.833 bits per heavy atom. The highest BCUT2D eigenvalue weighted by atomic mass is 16.4. The summed E-state index contributed by atoms with van der Waals surface area (Å²) in [6.07, 6.45) is -0.717. The number of hydrogen-bond acceptors (Lipinski definition) is 7. The van der Waals surface area contributed by atoms with Crippen molar-refractivity contribution in [2.75, 3.05) is 0 Å². The van der Waals surface area contributed by atoms with E-state index in [1.165, 1.54) is 6.92 Å². The van der Waals surface area contributed by atoms with E-state index in [-0.39, 0.29) is 12.8 Å². The molecule has 170 valence electrons. The Balaban J connectivity index is 5.06. The van der Waals surface area contributed by atoms with E-state index in [1.54, 1.807) is 13.8 Å². The van der Waals surface area contributed by atoms with Gasteiger partial charge in [-0.1, -0.05) is 13.8 Å². The summed E-state index contributed by atoms with van der Waals surface area (Å²) in [5.74, 6) is -5.75. The molecule has 30 heavy (non-hydrogen) atoms. The molecule has 0 spiro atoms. The second-order valence-electron chi connectivity index (χ2n) is 7.14. The first kappa shape index (κ1) is 26.8. The summed E-state index contributed by atoms with van der Waals surface area (Å²) in [5.41, 5.74) is 15.7. The normalized spacial score (nSPS) is 14.7. The number of rotatable bonds is 13. The maximum absolute atomic E-state index is 12.4. The Morgan fingerprint density at radius 3 is 1.83 bits per heavy atom. The van der Waals surface area contributed by atoms with Gasteiger partial charge in [0.25, 0.3) is 0 Å². The van der Waals surface area contributed by atoms with Crippen LogP contribution in [0.2, 0.25) is 0 Å². The molecule has 4 atom stereocenters. The third kappa shape index (κ3) is 9.82. The monoisotopic (exact) mass is 430 g/mol. The van der Waals surface area contributed by atoms with Crippen molar-refractivity contribution in [1.82, 2.24) is 16.0 Å². The molecule has 0 bridgehead atoms. The largest absolute Gasteiger partial charge is 0.480 e. The highest BCUT2D eigenvalue weighted by Crippen LogP contribution is 2.04. The number of carbonyl (C=O) groups is 6. The Bertz CT molecular complexity index is 682. The SMILES string of the molecule is CC(NC(=O)C(N)CCC(N)=O)C(=O)NC(CC(N)=O)C(=O)NC(C(=O)O)C(C)C. The molecule has 0 aromatic heterocycles. The summed E-state index contributed by atoms with van der Waals surface area (Å²) in [6, 6.07) is -4.93. The van der Waals surface area contributed by atoms with Gasteiger partial charge >= 0.3 is 5.97 Å². The maximum atomic E-state index is 12.4. The van der Waals surface area contributed by atoms with Gasteiger partial charge in [-0.3, -0.25) is 24.0 Å². The van der Waals surface area contributed by atoms with E-state index in [9.17, 15) is 33.9 Å². The summed E-state index contributed by atoms with van der Waals surface area (Å²) in [7, 11) is 0. The minimum atomic E-state index is -1.45. The number of carboxylic acid groups (broad SMARTS) is 1. The van der Waals surface area contributed by atoms with Gasteiger partial charge < -0.3 is 38.3 Å². The molecule has 0 saturated carbocycles. The smallest absolute Gasteiger partial charge is 0.326 e. The predicted molar refractivity (Wildman–Crippen MR) is 104 cm³/mol. The topological polar surface area (TPSA) is 237 Å². The van der Waals surface area contributed by atoms with E-state index in [4.69, 9.17) is 17.2 Å². The second-order valence-corrected chi connectivity index (χ2v) is 7.14. The van der Waals surface area contributed by atoms with Gasteiger partial charge in [0.2, 0.25) is 29.5 Å².